The highest BCUT2D eigenvalue weighted by molar-refractivity contribution is 5.88. The number of aromatic carboxylic acids is 1. The van der Waals surface area contributed by atoms with Crippen LogP contribution in [-0.4, -0.2) is 22.8 Å². The van der Waals surface area contributed by atoms with Crippen LogP contribution in [0.3, 0.4) is 0 Å². The van der Waals surface area contributed by atoms with Gasteiger partial charge in [0.15, 0.2) is 5.43 Å². The van der Waals surface area contributed by atoms with Gasteiger partial charge in [-0.2, -0.15) is 0 Å². The molecule has 27 heavy (non-hydrogen) atoms. The average Bonchev–Trinajstić information content (AvgIpc) is 3.45. The molecule has 0 radical (unpaired) electrons. The van der Waals surface area contributed by atoms with E-state index >= 15 is 0 Å². The van der Waals surface area contributed by atoms with Crippen LogP contribution < -0.4 is 10.2 Å². The zero-order valence-electron chi connectivity index (χ0n) is 16.2. The number of fused-ring (bicyclic) bond motifs is 3. The number of aromatic nitrogens is 1. The zero-order valence-corrected chi connectivity index (χ0v) is 16.2. The largest absolute Gasteiger partial charge is 0.496 e. The molecular formula is C22H25NO4. The summed E-state index contributed by atoms with van der Waals surface area (Å²) in [5.41, 5.74) is 3.20. The number of ether oxygens (including phenoxy) is 1. The molecule has 0 bridgehead atoms. The molecule has 2 aliphatic rings. The Balaban J connectivity index is 2.02. The van der Waals surface area contributed by atoms with Crippen molar-refractivity contribution in [3.05, 3.63) is 51.3 Å². The lowest BCUT2D eigenvalue weighted by Gasteiger charge is -2.43. The van der Waals surface area contributed by atoms with Crippen molar-refractivity contribution in [3.8, 4) is 17.0 Å². The Hall–Kier alpha value is -2.56. The summed E-state index contributed by atoms with van der Waals surface area (Å²) in [6, 6.07) is 5.76. The molecule has 1 atom stereocenters. The summed E-state index contributed by atoms with van der Waals surface area (Å²) in [7, 11) is 1.70. The van der Waals surface area contributed by atoms with Gasteiger partial charge in [0, 0.05) is 23.4 Å². The van der Waals surface area contributed by atoms with Gasteiger partial charge in [-0.3, -0.25) is 4.79 Å². The Kier molecular flexibility index (Phi) is 3.95. The standard InChI is InChI=1S/C22H25NO4/c1-12(2)22(3)10-14-7-20(27-4)16(13-5-6-13)8-15(14)18-9-19(24)17(21(25)26)11-23(18)22/h7-9,11-13H,5-6,10H2,1-4H3,(H,25,26). The molecule has 1 N–H and O–H groups in total. The number of methoxy groups -OCH3 is 1. The molecule has 0 spiro atoms. The molecule has 1 saturated carbocycles. The van der Waals surface area contributed by atoms with Crippen LogP contribution in [0.1, 0.15) is 61.0 Å². The summed E-state index contributed by atoms with van der Waals surface area (Å²) >= 11 is 0. The third-order valence-electron chi connectivity index (χ3n) is 6.37. The molecule has 5 nitrogen and oxygen atoms in total. The van der Waals surface area contributed by atoms with Crippen LogP contribution in [-0.2, 0) is 12.0 Å². The first-order valence-electron chi connectivity index (χ1n) is 9.48. The number of rotatable bonds is 4. The van der Waals surface area contributed by atoms with Crippen LogP contribution in [0.5, 0.6) is 5.75 Å². The van der Waals surface area contributed by atoms with Crippen molar-refractivity contribution in [2.75, 3.05) is 7.11 Å². The Morgan fingerprint density at radius 3 is 2.56 bits per heavy atom. The van der Waals surface area contributed by atoms with Gasteiger partial charge in [0.25, 0.3) is 0 Å². The summed E-state index contributed by atoms with van der Waals surface area (Å²) < 4.78 is 7.67. The monoisotopic (exact) mass is 367 g/mol. The van der Waals surface area contributed by atoms with E-state index in [1.165, 1.54) is 17.8 Å². The first-order valence-corrected chi connectivity index (χ1v) is 9.48. The lowest BCUT2D eigenvalue weighted by Crippen LogP contribution is -2.42. The number of carbonyl (C=O) groups is 1. The van der Waals surface area contributed by atoms with Crippen LogP contribution in [0.15, 0.2) is 29.2 Å². The van der Waals surface area contributed by atoms with E-state index in [0.717, 1.165) is 41.8 Å². The van der Waals surface area contributed by atoms with Gasteiger partial charge in [-0.25, -0.2) is 4.79 Å². The summed E-state index contributed by atoms with van der Waals surface area (Å²) in [6.07, 6.45) is 4.60. The number of hydrogen-bond acceptors (Lipinski definition) is 3. The maximum absolute atomic E-state index is 12.5. The molecule has 1 unspecified atom stereocenters. The van der Waals surface area contributed by atoms with Gasteiger partial charge in [0.2, 0.25) is 0 Å². The van der Waals surface area contributed by atoms with E-state index in [2.05, 4.69) is 32.9 Å². The van der Waals surface area contributed by atoms with Crippen molar-refractivity contribution in [3.63, 3.8) is 0 Å². The Morgan fingerprint density at radius 1 is 1.30 bits per heavy atom. The fraction of sp³-hybridized carbons (Fsp3) is 0.455. The topological polar surface area (TPSA) is 68.5 Å². The van der Waals surface area contributed by atoms with Crippen molar-refractivity contribution < 1.29 is 14.6 Å². The molecule has 4 rings (SSSR count). The van der Waals surface area contributed by atoms with Crippen molar-refractivity contribution in [1.29, 1.82) is 0 Å². The van der Waals surface area contributed by atoms with Crippen LogP contribution in [0.2, 0.25) is 0 Å². The number of pyridine rings is 1. The third-order valence-corrected chi connectivity index (χ3v) is 6.37. The zero-order chi connectivity index (χ0) is 19.5. The molecule has 0 saturated heterocycles. The average molecular weight is 367 g/mol. The fourth-order valence-corrected chi connectivity index (χ4v) is 4.19. The molecular weight excluding hydrogens is 342 g/mol. The lowest BCUT2D eigenvalue weighted by molar-refractivity contribution is 0.0693. The highest BCUT2D eigenvalue weighted by Crippen LogP contribution is 2.49. The highest BCUT2D eigenvalue weighted by Gasteiger charge is 2.39. The van der Waals surface area contributed by atoms with E-state index in [4.69, 9.17) is 4.74 Å². The molecule has 1 aliphatic carbocycles. The summed E-state index contributed by atoms with van der Waals surface area (Å²) in [6.45, 7) is 6.38. The molecule has 1 aromatic carbocycles. The van der Waals surface area contributed by atoms with Gasteiger partial charge >= 0.3 is 5.97 Å². The second-order valence-corrected chi connectivity index (χ2v) is 8.33. The van der Waals surface area contributed by atoms with E-state index in [1.54, 1.807) is 7.11 Å². The molecule has 5 heteroatoms. The van der Waals surface area contributed by atoms with Crippen LogP contribution in [0.25, 0.3) is 11.3 Å². The number of carboxylic acid groups (broad SMARTS) is 1. The van der Waals surface area contributed by atoms with Gasteiger partial charge < -0.3 is 14.4 Å². The smallest absolute Gasteiger partial charge is 0.341 e. The number of carboxylic acids is 1. The maximum atomic E-state index is 12.5. The summed E-state index contributed by atoms with van der Waals surface area (Å²) in [5.74, 6) is 0.505. The Bertz CT molecular complexity index is 1000. The van der Waals surface area contributed by atoms with Crippen LogP contribution in [0, 0.1) is 5.92 Å². The first-order chi connectivity index (χ1) is 12.8. The minimum Gasteiger partial charge on any atom is -0.496 e. The van der Waals surface area contributed by atoms with Gasteiger partial charge in [-0.1, -0.05) is 13.8 Å². The van der Waals surface area contributed by atoms with E-state index in [1.807, 2.05) is 4.57 Å². The molecule has 1 fully saturated rings. The van der Waals surface area contributed by atoms with Gasteiger partial charge in [0.05, 0.1) is 12.8 Å². The predicted molar refractivity (Wildman–Crippen MR) is 104 cm³/mol. The minimum absolute atomic E-state index is 0.176. The quantitative estimate of drug-likeness (QED) is 0.886. The van der Waals surface area contributed by atoms with Crippen molar-refractivity contribution in [2.24, 2.45) is 5.92 Å². The number of benzene rings is 1. The molecule has 2 heterocycles. The van der Waals surface area contributed by atoms with Crippen molar-refractivity contribution in [1.82, 2.24) is 4.57 Å². The van der Waals surface area contributed by atoms with Gasteiger partial charge in [-0.15, -0.1) is 0 Å². The number of nitrogens with zero attached hydrogens (tertiary/aromatic N) is 1. The van der Waals surface area contributed by atoms with E-state index in [-0.39, 0.29) is 17.0 Å². The van der Waals surface area contributed by atoms with Crippen molar-refractivity contribution in [2.45, 2.75) is 51.5 Å². The molecule has 1 aromatic heterocycles. The summed E-state index contributed by atoms with van der Waals surface area (Å²) in [5, 5.41) is 9.43. The molecule has 1 aliphatic heterocycles. The highest BCUT2D eigenvalue weighted by atomic mass is 16.5. The lowest BCUT2D eigenvalue weighted by atomic mass is 9.76. The van der Waals surface area contributed by atoms with Gasteiger partial charge in [0.1, 0.15) is 11.3 Å². The fourth-order valence-electron chi connectivity index (χ4n) is 4.19. The molecule has 2 aromatic rings. The van der Waals surface area contributed by atoms with E-state index < -0.39 is 11.4 Å². The minimum atomic E-state index is -1.18. The summed E-state index contributed by atoms with van der Waals surface area (Å²) in [4.78, 5) is 24.0. The second kappa shape index (κ2) is 5.98. The van der Waals surface area contributed by atoms with E-state index in [0.29, 0.717) is 5.92 Å². The predicted octanol–water partition coefficient (Wildman–Crippen LogP) is 4.03. The second-order valence-electron chi connectivity index (χ2n) is 8.33. The Labute approximate surface area is 158 Å². The first kappa shape index (κ1) is 17.8. The van der Waals surface area contributed by atoms with Gasteiger partial charge in [-0.05, 0) is 61.3 Å². The Morgan fingerprint density at radius 2 is 2.00 bits per heavy atom. The van der Waals surface area contributed by atoms with Crippen LogP contribution in [0.4, 0.5) is 0 Å². The van der Waals surface area contributed by atoms with Crippen molar-refractivity contribution >= 4 is 5.97 Å². The maximum Gasteiger partial charge on any atom is 0.341 e. The third kappa shape index (κ3) is 2.68. The number of hydrogen-bond donors (Lipinski definition) is 1. The molecule has 0 amide bonds. The molecule has 142 valence electrons. The SMILES string of the molecule is COc1cc2c(cc1C1CC1)-c1cc(=O)c(C(=O)O)cn1C(C)(C(C)C)C2. The van der Waals surface area contributed by atoms with E-state index in [9.17, 15) is 14.7 Å². The normalized spacial score (nSPS) is 20.9. The van der Waals surface area contributed by atoms with Crippen LogP contribution >= 0.6 is 0 Å².